The Morgan fingerprint density at radius 1 is 1.04 bits per heavy atom. The molecule has 0 aliphatic rings. The first-order valence-electron chi connectivity index (χ1n) is 7.98. The molecule has 8 heteroatoms. The highest BCUT2D eigenvalue weighted by atomic mass is 19.4. The number of aryl methyl sites for hydroxylation is 2. The second-order valence-corrected chi connectivity index (χ2v) is 5.81. The Morgan fingerprint density at radius 2 is 1.74 bits per heavy atom. The van der Waals surface area contributed by atoms with Gasteiger partial charge in [0, 0.05) is 0 Å². The SMILES string of the molecule is Cc1ccc(OCC(=O)OCC(=O)Nc2ccccc2C(F)(F)F)c(C)c1. The largest absolute Gasteiger partial charge is 0.482 e. The van der Waals surface area contributed by atoms with E-state index in [9.17, 15) is 22.8 Å². The molecule has 1 N–H and O–H groups in total. The van der Waals surface area contributed by atoms with Crippen molar-refractivity contribution in [2.75, 3.05) is 18.5 Å². The molecule has 0 atom stereocenters. The zero-order valence-electron chi connectivity index (χ0n) is 14.7. The third kappa shape index (κ3) is 6.02. The van der Waals surface area contributed by atoms with E-state index in [0.29, 0.717) is 5.75 Å². The predicted octanol–water partition coefficient (Wildman–Crippen LogP) is 3.88. The van der Waals surface area contributed by atoms with Gasteiger partial charge in [-0.25, -0.2) is 4.79 Å². The Hall–Kier alpha value is -3.03. The van der Waals surface area contributed by atoms with E-state index in [1.165, 1.54) is 12.1 Å². The van der Waals surface area contributed by atoms with Crippen molar-refractivity contribution in [1.29, 1.82) is 0 Å². The van der Waals surface area contributed by atoms with Gasteiger partial charge in [0.25, 0.3) is 5.91 Å². The van der Waals surface area contributed by atoms with E-state index < -0.39 is 42.5 Å². The van der Waals surface area contributed by atoms with Crippen LogP contribution >= 0.6 is 0 Å². The number of benzene rings is 2. The molecule has 144 valence electrons. The average Bonchev–Trinajstić information content (AvgIpc) is 2.59. The van der Waals surface area contributed by atoms with Crippen LogP contribution in [-0.2, 0) is 20.5 Å². The van der Waals surface area contributed by atoms with Crippen molar-refractivity contribution in [2.45, 2.75) is 20.0 Å². The van der Waals surface area contributed by atoms with Crippen LogP contribution in [0.2, 0.25) is 0 Å². The molecule has 0 fully saturated rings. The number of ether oxygens (including phenoxy) is 2. The molecule has 2 aromatic rings. The Kier molecular flexibility index (Phi) is 6.44. The molecule has 0 aliphatic heterocycles. The number of amides is 1. The summed E-state index contributed by atoms with van der Waals surface area (Å²) >= 11 is 0. The van der Waals surface area contributed by atoms with Gasteiger partial charge in [-0.05, 0) is 37.6 Å². The van der Waals surface area contributed by atoms with Crippen LogP contribution in [0.5, 0.6) is 5.75 Å². The number of esters is 1. The number of para-hydroxylation sites is 1. The molecule has 0 heterocycles. The van der Waals surface area contributed by atoms with Crippen molar-refractivity contribution in [3.63, 3.8) is 0 Å². The lowest BCUT2D eigenvalue weighted by Gasteiger charge is -2.13. The fourth-order valence-corrected chi connectivity index (χ4v) is 2.31. The number of hydrogen-bond acceptors (Lipinski definition) is 4. The van der Waals surface area contributed by atoms with Gasteiger partial charge in [0.1, 0.15) is 5.75 Å². The third-order valence-electron chi connectivity index (χ3n) is 3.55. The summed E-state index contributed by atoms with van der Waals surface area (Å²) in [6.07, 6.45) is -4.61. The molecule has 2 aromatic carbocycles. The molecular formula is C19H18F3NO4. The van der Waals surface area contributed by atoms with Crippen molar-refractivity contribution in [2.24, 2.45) is 0 Å². The number of nitrogens with one attached hydrogen (secondary N) is 1. The maximum Gasteiger partial charge on any atom is 0.418 e. The van der Waals surface area contributed by atoms with Crippen LogP contribution in [0.15, 0.2) is 42.5 Å². The number of hydrogen-bond donors (Lipinski definition) is 1. The lowest BCUT2D eigenvalue weighted by molar-refractivity contribution is -0.149. The molecule has 0 aliphatic carbocycles. The monoisotopic (exact) mass is 381 g/mol. The van der Waals surface area contributed by atoms with E-state index in [1.54, 1.807) is 6.07 Å². The first-order chi connectivity index (χ1) is 12.7. The summed E-state index contributed by atoms with van der Waals surface area (Å²) in [5, 5.41) is 2.08. The fourth-order valence-electron chi connectivity index (χ4n) is 2.31. The third-order valence-corrected chi connectivity index (χ3v) is 3.55. The van der Waals surface area contributed by atoms with Gasteiger partial charge < -0.3 is 14.8 Å². The second-order valence-electron chi connectivity index (χ2n) is 5.81. The first-order valence-corrected chi connectivity index (χ1v) is 7.98. The smallest absolute Gasteiger partial charge is 0.418 e. The molecule has 5 nitrogen and oxygen atoms in total. The van der Waals surface area contributed by atoms with E-state index in [1.807, 2.05) is 26.0 Å². The van der Waals surface area contributed by atoms with Crippen LogP contribution < -0.4 is 10.1 Å². The Balaban J connectivity index is 1.84. The average molecular weight is 381 g/mol. The van der Waals surface area contributed by atoms with Crippen LogP contribution in [0.25, 0.3) is 0 Å². The van der Waals surface area contributed by atoms with Crippen molar-refractivity contribution in [3.05, 3.63) is 59.2 Å². The van der Waals surface area contributed by atoms with E-state index >= 15 is 0 Å². The standard InChI is InChI=1S/C19H18F3NO4/c1-12-7-8-16(13(2)9-12)26-11-18(25)27-10-17(24)23-15-6-4-3-5-14(15)19(20,21)22/h3-9H,10-11H2,1-2H3,(H,23,24). The molecule has 2 rings (SSSR count). The Bertz CT molecular complexity index is 834. The quantitative estimate of drug-likeness (QED) is 0.772. The van der Waals surface area contributed by atoms with Crippen LogP contribution in [0.3, 0.4) is 0 Å². The number of halogens is 3. The van der Waals surface area contributed by atoms with Gasteiger partial charge in [-0.3, -0.25) is 4.79 Å². The normalized spacial score (nSPS) is 11.0. The van der Waals surface area contributed by atoms with Crippen LogP contribution in [-0.4, -0.2) is 25.1 Å². The number of alkyl halides is 3. The second kappa shape index (κ2) is 8.57. The van der Waals surface area contributed by atoms with Gasteiger partial charge in [-0.1, -0.05) is 29.8 Å². The zero-order valence-corrected chi connectivity index (χ0v) is 14.7. The first kappa shape index (κ1) is 20.3. The lowest BCUT2D eigenvalue weighted by Crippen LogP contribution is -2.24. The van der Waals surface area contributed by atoms with Gasteiger partial charge in [0.2, 0.25) is 0 Å². The van der Waals surface area contributed by atoms with Crippen molar-refractivity contribution in [3.8, 4) is 5.75 Å². The van der Waals surface area contributed by atoms with Crippen LogP contribution in [0.4, 0.5) is 18.9 Å². The van der Waals surface area contributed by atoms with Crippen LogP contribution in [0, 0.1) is 13.8 Å². The minimum atomic E-state index is -4.61. The number of anilines is 1. The van der Waals surface area contributed by atoms with Gasteiger partial charge >= 0.3 is 12.1 Å². The molecular weight excluding hydrogens is 363 g/mol. The fraction of sp³-hybridized carbons (Fsp3) is 0.263. The summed E-state index contributed by atoms with van der Waals surface area (Å²) in [6, 6.07) is 9.94. The molecule has 0 saturated carbocycles. The molecule has 27 heavy (non-hydrogen) atoms. The van der Waals surface area contributed by atoms with Gasteiger partial charge in [-0.15, -0.1) is 0 Å². The Labute approximate surface area is 154 Å². The maximum absolute atomic E-state index is 12.9. The molecule has 0 unspecified atom stereocenters. The summed E-state index contributed by atoms with van der Waals surface area (Å²) in [4.78, 5) is 23.4. The minimum absolute atomic E-state index is 0.405. The number of rotatable bonds is 6. The van der Waals surface area contributed by atoms with E-state index in [0.717, 1.165) is 23.3 Å². The molecule has 0 radical (unpaired) electrons. The molecule has 0 saturated heterocycles. The van der Waals surface area contributed by atoms with Gasteiger partial charge in [0.15, 0.2) is 13.2 Å². The topological polar surface area (TPSA) is 64.6 Å². The summed E-state index contributed by atoms with van der Waals surface area (Å²) in [6.45, 7) is 2.59. The Morgan fingerprint density at radius 3 is 2.41 bits per heavy atom. The maximum atomic E-state index is 12.9. The van der Waals surface area contributed by atoms with Gasteiger partial charge in [-0.2, -0.15) is 13.2 Å². The summed E-state index contributed by atoms with van der Waals surface area (Å²) in [5.74, 6) is -1.19. The van der Waals surface area contributed by atoms with Crippen LogP contribution in [0.1, 0.15) is 16.7 Å². The molecule has 0 bridgehead atoms. The van der Waals surface area contributed by atoms with Crippen molar-refractivity contribution in [1.82, 2.24) is 0 Å². The number of carbonyl (C=O) groups excluding carboxylic acids is 2. The summed E-state index contributed by atoms with van der Waals surface area (Å²) in [7, 11) is 0. The van der Waals surface area contributed by atoms with Crippen molar-refractivity contribution >= 4 is 17.6 Å². The molecule has 0 spiro atoms. The number of carbonyl (C=O) groups is 2. The predicted molar refractivity (Wildman–Crippen MR) is 92.4 cm³/mol. The highest BCUT2D eigenvalue weighted by Gasteiger charge is 2.33. The molecule has 1 amide bonds. The summed E-state index contributed by atoms with van der Waals surface area (Å²) in [5.41, 5.74) is 0.489. The zero-order chi connectivity index (χ0) is 20.0. The minimum Gasteiger partial charge on any atom is -0.482 e. The summed E-state index contributed by atoms with van der Waals surface area (Å²) < 4.78 is 48.7. The molecule has 0 aromatic heterocycles. The highest BCUT2D eigenvalue weighted by Crippen LogP contribution is 2.34. The lowest BCUT2D eigenvalue weighted by atomic mass is 10.1. The van der Waals surface area contributed by atoms with E-state index in [4.69, 9.17) is 9.47 Å². The highest BCUT2D eigenvalue weighted by molar-refractivity contribution is 5.93. The van der Waals surface area contributed by atoms with E-state index in [-0.39, 0.29) is 0 Å². The van der Waals surface area contributed by atoms with Gasteiger partial charge in [0.05, 0.1) is 11.3 Å². The van der Waals surface area contributed by atoms with Crippen molar-refractivity contribution < 1.29 is 32.2 Å². The van der Waals surface area contributed by atoms with E-state index in [2.05, 4.69) is 5.32 Å².